The van der Waals surface area contributed by atoms with Crippen LogP contribution >= 0.6 is 0 Å². The van der Waals surface area contributed by atoms with Crippen molar-refractivity contribution in [2.75, 3.05) is 7.05 Å². The van der Waals surface area contributed by atoms with Crippen LogP contribution in [0.2, 0.25) is 0 Å². The molecule has 4 nitrogen and oxygen atoms in total. The highest BCUT2D eigenvalue weighted by Gasteiger charge is 2.25. The molecule has 124 valence electrons. The standard InChI is InChI=1S/C21H19N3O/c1-13-9-19-18-10-15(17-5-4-8-22-14(17)2)6-7-16(18)12-24(3)21(25)20(19)23-11-13/h4-11H,12H2,1-3H3. The number of amides is 1. The fraction of sp³-hybridized carbons (Fsp3) is 0.190. The zero-order valence-corrected chi connectivity index (χ0v) is 14.6. The van der Waals surface area contributed by atoms with Gasteiger partial charge >= 0.3 is 0 Å². The van der Waals surface area contributed by atoms with Crippen LogP contribution in [0.1, 0.15) is 27.3 Å². The molecule has 1 aliphatic heterocycles. The van der Waals surface area contributed by atoms with E-state index in [4.69, 9.17) is 0 Å². The molecule has 4 rings (SSSR count). The molecular formula is C21H19N3O. The summed E-state index contributed by atoms with van der Waals surface area (Å²) in [5.41, 5.74) is 7.89. The van der Waals surface area contributed by atoms with Crippen LogP contribution < -0.4 is 0 Å². The van der Waals surface area contributed by atoms with Gasteiger partial charge in [0.05, 0.1) is 0 Å². The number of carbonyl (C=O) groups excluding carboxylic acids is 1. The summed E-state index contributed by atoms with van der Waals surface area (Å²) in [4.78, 5) is 23.2. The van der Waals surface area contributed by atoms with Gasteiger partial charge in [0.2, 0.25) is 0 Å². The van der Waals surface area contributed by atoms with Crippen molar-refractivity contribution in [2.24, 2.45) is 0 Å². The number of fused-ring (bicyclic) bond motifs is 3. The van der Waals surface area contributed by atoms with Gasteiger partial charge < -0.3 is 4.90 Å². The zero-order chi connectivity index (χ0) is 17.6. The van der Waals surface area contributed by atoms with Gasteiger partial charge in [0.15, 0.2) is 0 Å². The van der Waals surface area contributed by atoms with E-state index in [1.165, 1.54) is 0 Å². The van der Waals surface area contributed by atoms with E-state index in [0.29, 0.717) is 12.2 Å². The highest BCUT2D eigenvalue weighted by atomic mass is 16.2. The molecule has 0 atom stereocenters. The van der Waals surface area contributed by atoms with Crippen molar-refractivity contribution in [3.8, 4) is 22.3 Å². The van der Waals surface area contributed by atoms with Crippen molar-refractivity contribution in [1.82, 2.24) is 14.9 Å². The molecule has 0 aliphatic carbocycles. The summed E-state index contributed by atoms with van der Waals surface area (Å²) >= 11 is 0. The topological polar surface area (TPSA) is 46.1 Å². The van der Waals surface area contributed by atoms with Gasteiger partial charge in [-0.15, -0.1) is 0 Å². The van der Waals surface area contributed by atoms with Crippen LogP contribution in [0, 0.1) is 13.8 Å². The van der Waals surface area contributed by atoms with Crippen molar-refractivity contribution in [3.63, 3.8) is 0 Å². The number of hydrogen-bond donors (Lipinski definition) is 0. The summed E-state index contributed by atoms with van der Waals surface area (Å²) in [7, 11) is 1.82. The van der Waals surface area contributed by atoms with E-state index in [0.717, 1.165) is 39.1 Å². The lowest BCUT2D eigenvalue weighted by Crippen LogP contribution is -2.25. The van der Waals surface area contributed by atoms with E-state index in [2.05, 4.69) is 40.3 Å². The summed E-state index contributed by atoms with van der Waals surface area (Å²) in [5, 5.41) is 0. The minimum Gasteiger partial charge on any atom is -0.336 e. The van der Waals surface area contributed by atoms with Gasteiger partial charge in [-0.05, 0) is 54.3 Å². The molecule has 0 saturated carbocycles. The fourth-order valence-electron chi connectivity index (χ4n) is 3.37. The largest absolute Gasteiger partial charge is 0.336 e. The quantitative estimate of drug-likeness (QED) is 0.677. The normalized spacial score (nSPS) is 13.2. The van der Waals surface area contributed by atoms with Gasteiger partial charge in [-0.25, -0.2) is 0 Å². The zero-order valence-electron chi connectivity index (χ0n) is 14.6. The van der Waals surface area contributed by atoms with Gasteiger partial charge in [-0.2, -0.15) is 0 Å². The molecule has 3 aromatic rings. The molecule has 1 aromatic carbocycles. The van der Waals surface area contributed by atoms with Crippen molar-refractivity contribution >= 4 is 5.91 Å². The summed E-state index contributed by atoms with van der Waals surface area (Å²) < 4.78 is 0. The smallest absolute Gasteiger partial charge is 0.273 e. The summed E-state index contributed by atoms with van der Waals surface area (Å²) in [6.45, 7) is 4.59. The molecule has 1 amide bonds. The van der Waals surface area contributed by atoms with E-state index in [1.807, 2.05) is 27.0 Å². The van der Waals surface area contributed by atoms with Crippen LogP contribution in [0.5, 0.6) is 0 Å². The Labute approximate surface area is 147 Å². The molecule has 0 N–H and O–H groups in total. The predicted molar refractivity (Wildman–Crippen MR) is 98.2 cm³/mol. The summed E-state index contributed by atoms with van der Waals surface area (Å²) in [6, 6.07) is 12.5. The second-order valence-electron chi connectivity index (χ2n) is 6.58. The molecule has 0 radical (unpaired) electrons. The molecule has 25 heavy (non-hydrogen) atoms. The minimum atomic E-state index is -0.0368. The van der Waals surface area contributed by atoms with Crippen LogP contribution in [-0.4, -0.2) is 27.8 Å². The molecule has 3 heterocycles. The third-order valence-corrected chi connectivity index (χ3v) is 4.70. The highest BCUT2D eigenvalue weighted by molar-refractivity contribution is 6.01. The highest BCUT2D eigenvalue weighted by Crippen LogP contribution is 2.35. The van der Waals surface area contributed by atoms with Gasteiger partial charge in [0, 0.05) is 42.8 Å². The third-order valence-electron chi connectivity index (χ3n) is 4.70. The molecule has 4 heteroatoms. The van der Waals surface area contributed by atoms with E-state index in [9.17, 15) is 4.79 Å². The maximum absolute atomic E-state index is 12.7. The van der Waals surface area contributed by atoms with Crippen molar-refractivity contribution < 1.29 is 4.79 Å². The van der Waals surface area contributed by atoms with Crippen LogP contribution in [0.15, 0.2) is 48.8 Å². The molecular weight excluding hydrogens is 310 g/mol. The number of aromatic nitrogens is 2. The van der Waals surface area contributed by atoms with Crippen molar-refractivity contribution in [1.29, 1.82) is 0 Å². The first-order valence-corrected chi connectivity index (χ1v) is 8.32. The minimum absolute atomic E-state index is 0.0368. The number of rotatable bonds is 1. The lowest BCUT2D eigenvalue weighted by atomic mass is 9.93. The van der Waals surface area contributed by atoms with Crippen molar-refractivity contribution in [2.45, 2.75) is 20.4 Å². The Kier molecular flexibility index (Phi) is 3.61. The average molecular weight is 329 g/mol. The summed E-state index contributed by atoms with van der Waals surface area (Å²) in [6.07, 6.45) is 3.56. The Morgan fingerprint density at radius 3 is 2.64 bits per heavy atom. The first kappa shape index (κ1) is 15.5. The fourth-order valence-corrected chi connectivity index (χ4v) is 3.37. The van der Waals surface area contributed by atoms with Crippen molar-refractivity contribution in [3.05, 3.63) is 71.3 Å². The van der Waals surface area contributed by atoms with E-state index >= 15 is 0 Å². The molecule has 0 bridgehead atoms. The Morgan fingerprint density at radius 2 is 1.84 bits per heavy atom. The van der Waals surface area contributed by atoms with Gasteiger partial charge in [0.1, 0.15) is 5.69 Å². The van der Waals surface area contributed by atoms with Gasteiger partial charge in [-0.3, -0.25) is 14.8 Å². The van der Waals surface area contributed by atoms with Crippen LogP contribution in [-0.2, 0) is 6.54 Å². The number of aryl methyl sites for hydroxylation is 2. The Balaban J connectivity index is 1.98. The first-order chi connectivity index (χ1) is 12.0. The maximum atomic E-state index is 12.7. The number of hydrogen-bond acceptors (Lipinski definition) is 3. The molecule has 0 fully saturated rings. The monoisotopic (exact) mass is 329 g/mol. The van der Waals surface area contributed by atoms with E-state index in [1.54, 1.807) is 17.3 Å². The summed E-state index contributed by atoms with van der Waals surface area (Å²) in [5.74, 6) is -0.0368. The maximum Gasteiger partial charge on any atom is 0.273 e. The molecule has 1 aliphatic rings. The molecule has 0 spiro atoms. The van der Waals surface area contributed by atoms with Gasteiger partial charge in [-0.1, -0.05) is 18.2 Å². The third kappa shape index (κ3) is 2.60. The van der Waals surface area contributed by atoms with Crippen LogP contribution in [0.3, 0.4) is 0 Å². The number of benzene rings is 1. The lowest BCUT2D eigenvalue weighted by Gasteiger charge is -2.15. The number of nitrogens with zero attached hydrogens (tertiary/aromatic N) is 3. The van der Waals surface area contributed by atoms with E-state index < -0.39 is 0 Å². The molecule has 0 saturated heterocycles. The number of carbonyl (C=O) groups is 1. The second kappa shape index (κ2) is 5.81. The predicted octanol–water partition coefficient (Wildman–Crippen LogP) is 4.01. The van der Waals surface area contributed by atoms with Gasteiger partial charge in [0.25, 0.3) is 5.91 Å². The SMILES string of the molecule is Cc1cnc2c(c1)-c1cc(-c3cccnc3C)ccc1CN(C)C2=O. The Hall–Kier alpha value is -3.01. The molecule has 0 unspecified atom stereocenters. The average Bonchev–Trinajstić information content (AvgIpc) is 2.71. The molecule has 2 aromatic heterocycles. The first-order valence-electron chi connectivity index (χ1n) is 8.32. The Bertz CT molecular complexity index is 994. The van der Waals surface area contributed by atoms with Crippen LogP contribution in [0.4, 0.5) is 0 Å². The van der Waals surface area contributed by atoms with E-state index in [-0.39, 0.29) is 5.91 Å². The Morgan fingerprint density at radius 1 is 1.00 bits per heavy atom. The lowest BCUT2D eigenvalue weighted by molar-refractivity contribution is 0.0783. The number of pyridine rings is 2. The second-order valence-corrected chi connectivity index (χ2v) is 6.58. The van der Waals surface area contributed by atoms with Crippen LogP contribution in [0.25, 0.3) is 22.3 Å².